The molecule has 0 aliphatic heterocycles. The standard InChI is InChI=1S/C35H45N5O8/c1-20(2)14-25(39-27(41)17-23(38-34(48)35(3,4)5)15-21-10-8-7-9-11-21)31(45)36-18-22-12-13-26-24(16-22)30(44)29(33(47)40(26)6)32(46)37-19-28(42)43/h7-13,16,20,23,25,44H,14-15,17-19H2,1-6H3,(H,36,45)(H,37,46)(H,38,48)(H,39,41)(H,42,43)/t23-,25-/m0/s1. The van der Waals surface area contributed by atoms with Crippen LogP contribution in [-0.2, 0) is 39.2 Å². The van der Waals surface area contributed by atoms with E-state index in [-0.39, 0.29) is 30.2 Å². The Morgan fingerprint density at radius 3 is 2.19 bits per heavy atom. The number of nitrogens with zero attached hydrogens (tertiary/aromatic N) is 1. The van der Waals surface area contributed by atoms with Crippen molar-refractivity contribution in [2.24, 2.45) is 18.4 Å². The summed E-state index contributed by atoms with van der Waals surface area (Å²) in [6.07, 6.45) is 0.745. The van der Waals surface area contributed by atoms with Gasteiger partial charge < -0.3 is 36.0 Å². The minimum absolute atomic E-state index is 0.000333. The third kappa shape index (κ3) is 10.1. The number of carboxylic acids is 1. The summed E-state index contributed by atoms with van der Waals surface area (Å²) in [6, 6.07) is 12.9. The molecule has 6 N–H and O–H groups in total. The van der Waals surface area contributed by atoms with Crippen LogP contribution in [0.5, 0.6) is 5.75 Å². The maximum absolute atomic E-state index is 13.4. The van der Waals surface area contributed by atoms with E-state index >= 15 is 0 Å². The van der Waals surface area contributed by atoms with Crippen molar-refractivity contribution < 1.29 is 34.2 Å². The summed E-state index contributed by atoms with van der Waals surface area (Å²) in [5, 5.41) is 30.6. The van der Waals surface area contributed by atoms with Crippen LogP contribution in [-0.4, -0.2) is 63.0 Å². The number of carbonyl (C=O) groups is 5. The third-order valence-electron chi connectivity index (χ3n) is 7.66. The van der Waals surface area contributed by atoms with Gasteiger partial charge in [0.05, 0.1) is 5.52 Å². The topological polar surface area (TPSA) is 196 Å². The summed E-state index contributed by atoms with van der Waals surface area (Å²) in [7, 11) is 1.41. The fraction of sp³-hybridized carbons (Fsp3) is 0.429. The first-order valence-corrected chi connectivity index (χ1v) is 15.7. The highest BCUT2D eigenvalue weighted by Gasteiger charge is 2.28. The predicted molar refractivity (Wildman–Crippen MR) is 180 cm³/mol. The van der Waals surface area contributed by atoms with Crippen LogP contribution in [0.25, 0.3) is 10.9 Å². The molecule has 0 saturated carbocycles. The number of carbonyl (C=O) groups excluding carboxylic acids is 4. The monoisotopic (exact) mass is 663 g/mol. The molecule has 3 aromatic rings. The largest absolute Gasteiger partial charge is 0.506 e. The van der Waals surface area contributed by atoms with Crippen LogP contribution >= 0.6 is 0 Å². The number of aliphatic carboxylic acids is 1. The lowest BCUT2D eigenvalue weighted by molar-refractivity contribution is -0.136. The highest BCUT2D eigenvalue weighted by atomic mass is 16.4. The van der Waals surface area contributed by atoms with Crippen LogP contribution in [0, 0.1) is 11.3 Å². The molecule has 3 rings (SSSR count). The molecule has 4 amide bonds. The van der Waals surface area contributed by atoms with Gasteiger partial charge in [0.2, 0.25) is 17.7 Å². The molecule has 2 atom stereocenters. The molecule has 48 heavy (non-hydrogen) atoms. The zero-order chi connectivity index (χ0) is 35.8. The summed E-state index contributed by atoms with van der Waals surface area (Å²) in [5.41, 5.74) is -0.263. The van der Waals surface area contributed by atoms with E-state index in [1.54, 1.807) is 32.9 Å². The van der Waals surface area contributed by atoms with Gasteiger partial charge in [-0.3, -0.25) is 28.8 Å². The number of hydrogen-bond donors (Lipinski definition) is 6. The number of rotatable bonds is 14. The number of carboxylic acid groups (broad SMARTS) is 1. The predicted octanol–water partition coefficient (Wildman–Crippen LogP) is 2.37. The Kier molecular flexibility index (Phi) is 12.5. The van der Waals surface area contributed by atoms with Crippen LogP contribution in [0.2, 0.25) is 0 Å². The first-order chi connectivity index (χ1) is 22.5. The van der Waals surface area contributed by atoms with Gasteiger partial charge in [0.15, 0.2) is 0 Å². The number of aromatic hydroxyl groups is 1. The fourth-order valence-corrected chi connectivity index (χ4v) is 5.10. The number of nitrogens with one attached hydrogen (secondary N) is 4. The third-order valence-corrected chi connectivity index (χ3v) is 7.66. The molecule has 0 aliphatic rings. The van der Waals surface area contributed by atoms with Crippen LogP contribution in [0.1, 0.15) is 68.9 Å². The smallest absolute Gasteiger partial charge is 0.322 e. The van der Waals surface area contributed by atoms with Gasteiger partial charge in [0, 0.05) is 36.9 Å². The molecule has 13 nitrogen and oxygen atoms in total. The average Bonchev–Trinajstić information content (AvgIpc) is 3.01. The lowest BCUT2D eigenvalue weighted by atomic mass is 9.94. The average molecular weight is 664 g/mol. The quantitative estimate of drug-likeness (QED) is 0.151. The van der Waals surface area contributed by atoms with Crippen LogP contribution in [0.4, 0.5) is 0 Å². The second-order valence-corrected chi connectivity index (χ2v) is 13.3. The Hall–Kier alpha value is -5.20. The highest BCUT2D eigenvalue weighted by Crippen LogP contribution is 2.27. The van der Waals surface area contributed by atoms with E-state index in [4.69, 9.17) is 5.11 Å². The molecule has 0 unspecified atom stereocenters. The van der Waals surface area contributed by atoms with E-state index < -0.39 is 64.6 Å². The van der Waals surface area contributed by atoms with E-state index in [9.17, 15) is 33.9 Å². The van der Waals surface area contributed by atoms with Crippen molar-refractivity contribution in [2.45, 2.75) is 72.5 Å². The molecule has 0 fully saturated rings. The summed E-state index contributed by atoms with van der Waals surface area (Å²) in [6.45, 7) is 8.49. The molecular weight excluding hydrogens is 618 g/mol. The maximum atomic E-state index is 13.4. The molecule has 0 spiro atoms. The van der Waals surface area contributed by atoms with Crippen molar-refractivity contribution >= 4 is 40.5 Å². The SMILES string of the molecule is CC(C)C[C@H](NC(=O)C[C@H](Cc1ccccc1)NC(=O)C(C)(C)C)C(=O)NCc1ccc2c(c1)c(O)c(C(=O)NCC(=O)O)c(=O)n2C. The molecule has 0 radical (unpaired) electrons. The van der Waals surface area contributed by atoms with Crippen LogP contribution in [0.3, 0.4) is 0 Å². The number of fused-ring (bicyclic) bond motifs is 1. The first-order valence-electron chi connectivity index (χ1n) is 15.7. The van der Waals surface area contributed by atoms with Crippen molar-refractivity contribution in [3.05, 3.63) is 75.6 Å². The second kappa shape index (κ2) is 16.1. The number of aryl methyl sites for hydroxylation is 1. The minimum atomic E-state index is -1.32. The van der Waals surface area contributed by atoms with Gasteiger partial charge in [-0.2, -0.15) is 0 Å². The molecule has 0 saturated heterocycles. The number of amides is 4. The van der Waals surface area contributed by atoms with Crippen LogP contribution in [0.15, 0.2) is 53.3 Å². The second-order valence-electron chi connectivity index (χ2n) is 13.3. The van der Waals surface area contributed by atoms with Gasteiger partial charge in [0.1, 0.15) is 23.9 Å². The summed E-state index contributed by atoms with van der Waals surface area (Å²) >= 11 is 0. The first kappa shape index (κ1) is 37.3. The Morgan fingerprint density at radius 1 is 0.917 bits per heavy atom. The molecule has 13 heteroatoms. The minimum Gasteiger partial charge on any atom is -0.506 e. The van der Waals surface area contributed by atoms with Crippen LogP contribution < -0.4 is 26.8 Å². The molecule has 0 bridgehead atoms. The Bertz CT molecular complexity index is 1730. The fourth-order valence-electron chi connectivity index (χ4n) is 5.10. The van der Waals surface area contributed by atoms with Crippen molar-refractivity contribution in [3.8, 4) is 5.75 Å². The molecule has 0 aliphatic carbocycles. The van der Waals surface area contributed by atoms with Gasteiger partial charge in [-0.1, -0.05) is 71.0 Å². The van der Waals surface area contributed by atoms with E-state index in [1.165, 1.54) is 13.1 Å². The van der Waals surface area contributed by atoms with E-state index in [2.05, 4.69) is 21.3 Å². The van der Waals surface area contributed by atoms with Gasteiger partial charge in [0.25, 0.3) is 11.5 Å². The Balaban J connectivity index is 1.77. The van der Waals surface area contributed by atoms with E-state index in [1.807, 2.05) is 44.2 Å². The number of aromatic nitrogens is 1. The lowest BCUT2D eigenvalue weighted by Crippen LogP contribution is -2.50. The van der Waals surface area contributed by atoms with Crippen molar-refractivity contribution in [2.75, 3.05) is 6.54 Å². The van der Waals surface area contributed by atoms with Crippen molar-refractivity contribution in [1.29, 1.82) is 0 Å². The van der Waals surface area contributed by atoms with Gasteiger partial charge >= 0.3 is 5.97 Å². The molecule has 258 valence electrons. The van der Waals surface area contributed by atoms with Gasteiger partial charge in [-0.05, 0) is 42.0 Å². The Labute approximate surface area is 279 Å². The summed E-state index contributed by atoms with van der Waals surface area (Å²) < 4.78 is 1.16. The number of hydrogen-bond acceptors (Lipinski definition) is 7. The lowest BCUT2D eigenvalue weighted by Gasteiger charge is -2.26. The normalized spacial score (nSPS) is 12.6. The molecule has 1 aromatic heterocycles. The summed E-state index contributed by atoms with van der Waals surface area (Å²) in [5.74, 6) is -3.92. The maximum Gasteiger partial charge on any atom is 0.322 e. The molecule has 2 aromatic carbocycles. The number of pyridine rings is 1. The van der Waals surface area contributed by atoms with E-state index in [0.29, 0.717) is 23.9 Å². The van der Waals surface area contributed by atoms with Gasteiger partial charge in [-0.15, -0.1) is 0 Å². The van der Waals surface area contributed by atoms with E-state index in [0.717, 1.165) is 10.1 Å². The van der Waals surface area contributed by atoms with Crippen molar-refractivity contribution in [3.63, 3.8) is 0 Å². The molecule has 1 heterocycles. The Morgan fingerprint density at radius 2 is 1.58 bits per heavy atom. The highest BCUT2D eigenvalue weighted by molar-refractivity contribution is 6.03. The van der Waals surface area contributed by atoms with Crippen molar-refractivity contribution in [1.82, 2.24) is 25.8 Å². The number of benzene rings is 2. The van der Waals surface area contributed by atoms with Gasteiger partial charge in [-0.25, -0.2) is 0 Å². The zero-order valence-electron chi connectivity index (χ0n) is 28.2. The zero-order valence-corrected chi connectivity index (χ0v) is 28.2. The summed E-state index contributed by atoms with van der Waals surface area (Å²) in [4.78, 5) is 75.7. The molecular formula is C35H45N5O8.